The zero-order valence-corrected chi connectivity index (χ0v) is 8.77. The van der Waals surface area contributed by atoms with Gasteiger partial charge in [-0.3, -0.25) is 0 Å². The van der Waals surface area contributed by atoms with Crippen molar-refractivity contribution in [2.45, 2.75) is 24.3 Å². The van der Waals surface area contributed by atoms with E-state index in [0.717, 1.165) is 16.9 Å². The minimum Gasteiger partial charge on any atom is -0.508 e. The Bertz CT molecular complexity index is 288. The second-order valence-electron chi connectivity index (χ2n) is 2.94. The first-order chi connectivity index (χ1) is 6.19. The van der Waals surface area contributed by atoms with Gasteiger partial charge in [-0.25, -0.2) is 0 Å². The molecule has 0 bridgehead atoms. The van der Waals surface area contributed by atoms with Gasteiger partial charge in [0.25, 0.3) is 0 Å². The summed E-state index contributed by atoms with van der Waals surface area (Å²) in [4.78, 5) is 1.15. The molecule has 0 radical (unpaired) electrons. The van der Waals surface area contributed by atoms with Gasteiger partial charge in [-0.15, -0.1) is 11.8 Å². The van der Waals surface area contributed by atoms with Gasteiger partial charge < -0.3 is 10.8 Å². The van der Waals surface area contributed by atoms with Gasteiger partial charge in [0, 0.05) is 10.9 Å². The Morgan fingerprint density at radius 3 is 2.77 bits per heavy atom. The fourth-order valence-corrected chi connectivity index (χ4v) is 1.88. The molecule has 0 aromatic heterocycles. The van der Waals surface area contributed by atoms with Crippen molar-refractivity contribution in [3.8, 4) is 5.75 Å². The molecule has 0 spiro atoms. The molecule has 0 heterocycles. The lowest BCUT2D eigenvalue weighted by Gasteiger charge is -2.13. The molecule has 0 aliphatic rings. The monoisotopic (exact) mass is 197 g/mol. The number of hydrogen-bond donors (Lipinski definition) is 2. The molecule has 72 valence electrons. The Labute approximate surface area is 83.1 Å². The number of phenolic OH excluding ortho intramolecular Hbond substituents is 1. The topological polar surface area (TPSA) is 46.2 Å². The van der Waals surface area contributed by atoms with Gasteiger partial charge in [-0.1, -0.05) is 6.92 Å². The summed E-state index contributed by atoms with van der Waals surface area (Å²) >= 11 is 1.66. The highest BCUT2D eigenvalue weighted by molar-refractivity contribution is 7.98. The van der Waals surface area contributed by atoms with Crippen molar-refractivity contribution in [3.63, 3.8) is 0 Å². The van der Waals surface area contributed by atoms with Crippen molar-refractivity contribution in [1.29, 1.82) is 0 Å². The van der Waals surface area contributed by atoms with Gasteiger partial charge >= 0.3 is 0 Å². The number of hydrogen-bond acceptors (Lipinski definition) is 3. The molecule has 3 heteroatoms. The molecular formula is C10H15NOS. The summed E-state index contributed by atoms with van der Waals surface area (Å²) in [6, 6.07) is 5.37. The third-order valence-electron chi connectivity index (χ3n) is 2.05. The second kappa shape index (κ2) is 4.53. The predicted octanol–water partition coefficient (Wildman–Crippen LogP) is 2.52. The van der Waals surface area contributed by atoms with Gasteiger partial charge in [0.1, 0.15) is 5.75 Å². The van der Waals surface area contributed by atoms with E-state index in [1.807, 2.05) is 19.2 Å². The van der Waals surface area contributed by atoms with Gasteiger partial charge in [0.05, 0.1) is 0 Å². The Morgan fingerprint density at radius 2 is 2.23 bits per heavy atom. The van der Waals surface area contributed by atoms with Crippen LogP contribution in [0.25, 0.3) is 0 Å². The van der Waals surface area contributed by atoms with E-state index in [2.05, 4.69) is 0 Å². The van der Waals surface area contributed by atoms with Crippen LogP contribution in [0.3, 0.4) is 0 Å². The highest BCUT2D eigenvalue weighted by Gasteiger charge is 2.09. The third kappa shape index (κ3) is 2.39. The smallest absolute Gasteiger partial charge is 0.115 e. The van der Waals surface area contributed by atoms with Crippen LogP contribution in [0.4, 0.5) is 0 Å². The quantitative estimate of drug-likeness (QED) is 0.732. The SMILES string of the molecule is CC[C@@H](N)c1cc(O)ccc1SC. The van der Waals surface area contributed by atoms with Crippen LogP contribution in [-0.2, 0) is 0 Å². The zero-order chi connectivity index (χ0) is 9.84. The van der Waals surface area contributed by atoms with Crippen LogP contribution < -0.4 is 5.73 Å². The summed E-state index contributed by atoms with van der Waals surface area (Å²) in [7, 11) is 0. The molecule has 0 saturated carbocycles. The van der Waals surface area contributed by atoms with E-state index in [0.29, 0.717) is 0 Å². The van der Waals surface area contributed by atoms with Gasteiger partial charge in [0.2, 0.25) is 0 Å². The summed E-state index contributed by atoms with van der Waals surface area (Å²) in [5.41, 5.74) is 6.95. The van der Waals surface area contributed by atoms with Crippen molar-refractivity contribution in [2.75, 3.05) is 6.26 Å². The van der Waals surface area contributed by atoms with Gasteiger partial charge in [-0.05, 0) is 36.4 Å². The highest BCUT2D eigenvalue weighted by atomic mass is 32.2. The average Bonchev–Trinajstić information content (AvgIpc) is 2.16. The normalized spacial score (nSPS) is 12.8. The van der Waals surface area contributed by atoms with E-state index in [1.165, 1.54) is 0 Å². The average molecular weight is 197 g/mol. The Kier molecular flexibility index (Phi) is 3.63. The lowest BCUT2D eigenvalue weighted by Crippen LogP contribution is -2.09. The van der Waals surface area contributed by atoms with E-state index in [-0.39, 0.29) is 11.8 Å². The Morgan fingerprint density at radius 1 is 1.54 bits per heavy atom. The minimum atomic E-state index is 0.0227. The first kappa shape index (κ1) is 10.4. The molecule has 3 N–H and O–H groups in total. The van der Waals surface area contributed by atoms with Gasteiger partial charge in [-0.2, -0.15) is 0 Å². The summed E-state index contributed by atoms with van der Waals surface area (Å²) in [5.74, 6) is 0.289. The minimum absolute atomic E-state index is 0.0227. The van der Waals surface area contributed by atoms with Crippen molar-refractivity contribution in [3.05, 3.63) is 23.8 Å². The van der Waals surface area contributed by atoms with E-state index in [4.69, 9.17) is 5.73 Å². The zero-order valence-electron chi connectivity index (χ0n) is 7.95. The molecule has 2 nitrogen and oxygen atoms in total. The van der Waals surface area contributed by atoms with Crippen LogP contribution in [0.2, 0.25) is 0 Å². The summed E-state index contributed by atoms with van der Waals surface area (Å²) < 4.78 is 0. The molecular weight excluding hydrogens is 182 g/mol. The largest absolute Gasteiger partial charge is 0.508 e. The molecule has 0 fully saturated rings. The van der Waals surface area contributed by atoms with Crippen molar-refractivity contribution in [1.82, 2.24) is 0 Å². The Balaban J connectivity index is 3.07. The number of aromatic hydroxyl groups is 1. The van der Waals surface area contributed by atoms with Crippen LogP contribution in [0, 0.1) is 0 Å². The van der Waals surface area contributed by atoms with Crippen LogP contribution in [0.1, 0.15) is 24.9 Å². The molecule has 0 aliphatic heterocycles. The maximum Gasteiger partial charge on any atom is 0.115 e. The standard InChI is InChI=1S/C10H15NOS/c1-3-9(11)8-6-7(12)4-5-10(8)13-2/h4-6,9,12H,3,11H2,1-2H3/t9-/m1/s1. The molecule has 1 aromatic rings. The van der Waals surface area contributed by atoms with Crippen LogP contribution in [0.5, 0.6) is 5.75 Å². The molecule has 13 heavy (non-hydrogen) atoms. The number of thioether (sulfide) groups is 1. The first-order valence-electron chi connectivity index (χ1n) is 4.31. The van der Waals surface area contributed by atoms with Crippen molar-refractivity contribution >= 4 is 11.8 Å². The maximum atomic E-state index is 9.31. The van der Waals surface area contributed by atoms with E-state index < -0.39 is 0 Å². The fraction of sp³-hybridized carbons (Fsp3) is 0.400. The molecule has 1 rings (SSSR count). The molecule has 0 unspecified atom stereocenters. The van der Waals surface area contributed by atoms with Gasteiger partial charge in [0.15, 0.2) is 0 Å². The lowest BCUT2D eigenvalue weighted by atomic mass is 10.1. The number of nitrogens with two attached hydrogens (primary N) is 1. The molecule has 1 aromatic carbocycles. The Hall–Kier alpha value is -0.670. The predicted molar refractivity (Wildman–Crippen MR) is 57.1 cm³/mol. The fourth-order valence-electron chi connectivity index (χ4n) is 1.23. The third-order valence-corrected chi connectivity index (χ3v) is 2.86. The lowest BCUT2D eigenvalue weighted by molar-refractivity contribution is 0.472. The number of rotatable bonds is 3. The molecule has 0 aliphatic carbocycles. The van der Waals surface area contributed by atoms with E-state index in [9.17, 15) is 5.11 Å². The van der Waals surface area contributed by atoms with E-state index in [1.54, 1.807) is 23.9 Å². The highest BCUT2D eigenvalue weighted by Crippen LogP contribution is 2.29. The first-order valence-corrected chi connectivity index (χ1v) is 5.54. The number of phenols is 1. The van der Waals surface area contributed by atoms with Crippen LogP contribution in [-0.4, -0.2) is 11.4 Å². The molecule has 0 saturated heterocycles. The van der Waals surface area contributed by atoms with Crippen molar-refractivity contribution in [2.24, 2.45) is 5.73 Å². The summed E-state index contributed by atoms with van der Waals surface area (Å²) in [6.45, 7) is 2.04. The summed E-state index contributed by atoms with van der Waals surface area (Å²) in [6.07, 6.45) is 2.90. The van der Waals surface area contributed by atoms with E-state index >= 15 is 0 Å². The maximum absolute atomic E-state index is 9.31. The van der Waals surface area contributed by atoms with Crippen LogP contribution >= 0.6 is 11.8 Å². The molecule has 0 amide bonds. The summed E-state index contributed by atoms with van der Waals surface area (Å²) in [5, 5.41) is 9.31. The molecule has 1 atom stereocenters. The second-order valence-corrected chi connectivity index (χ2v) is 3.79. The van der Waals surface area contributed by atoms with Crippen LogP contribution in [0.15, 0.2) is 23.1 Å². The van der Waals surface area contributed by atoms with Crippen molar-refractivity contribution < 1.29 is 5.11 Å². The number of benzene rings is 1.